The van der Waals surface area contributed by atoms with Crippen LogP contribution in [0.25, 0.3) is 0 Å². The van der Waals surface area contributed by atoms with Crippen molar-refractivity contribution in [3.05, 3.63) is 30.3 Å². The van der Waals surface area contributed by atoms with Crippen molar-refractivity contribution in [2.24, 2.45) is 5.90 Å². The van der Waals surface area contributed by atoms with Gasteiger partial charge < -0.3 is 4.84 Å². The smallest absolute Gasteiger partial charge is 0.241 e. The van der Waals surface area contributed by atoms with Crippen LogP contribution in [0.3, 0.4) is 0 Å². The first kappa shape index (κ1) is 13.1. The van der Waals surface area contributed by atoms with Gasteiger partial charge in [-0.1, -0.05) is 18.2 Å². The summed E-state index contributed by atoms with van der Waals surface area (Å²) >= 11 is 0. The van der Waals surface area contributed by atoms with Gasteiger partial charge in [0, 0.05) is 0 Å². The Balaban J connectivity index is 2.89. The SMILES string of the molecule is CC(C)(CON)NS(=O)(=O)c1ccccc1. The third-order valence-electron chi connectivity index (χ3n) is 1.91. The second kappa shape index (κ2) is 4.92. The maximum absolute atomic E-state index is 11.9. The van der Waals surface area contributed by atoms with Crippen LogP contribution in [0.4, 0.5) is 0 Å². The molecular formula is C10H16N2O3S. The summed E-state index contributed by atoms with van der Waals surface area (Å²) in [7, 11) is -3.53. The number of rotatable bonds is 5. The minimum Gasteiger partial charge on any atom is -0.303 e. The molecule has 3 N–H and O–H groups in total. The molecule has 0 amide bonds. The van der Waals surface area contributed by atoms with E-state index in [-0.39, 0.29) is 11.5 Å². The number of hydrogen-bond donors (Lipinski definition) is 2. The normalized spacial score (nSPS) is 12.7. The highest BCUT2D eigenvalue weighted by Gasteiger charge is 2.26. The van der Waals surface area contributed by atoms with E-state index in [9.17, 15) is 8.42 Å². The van der Waals surface area contributed by atoms with E-state index in [1.807, 2.05) is 0 Å². The van der Waals surface area contributed by atoms with E-state index in [0.717, 1.165) is 0 Å². The molecule has 1 aromatic rings. The van der Waals surface area contributed by atoms with Gasteiger partial charge in [-0.2, -0.15) is 0 Å². The van der Waals surface area contributed by atoms with Crippen molar-refractivity contribution in [1.82, 2.24) is 4.72 Å². The molecular weight excluding hydrogens is 228 g/mol. The highest BCUT2D eigenvalue weighted by Crippen LogP contribution is 2.12. The van der Waals surface area contributed by atoms with Gasteiger partial charge in [0.05, 0.1) is 17.0 Å². The number of nitrogens with two attached hydrogens (primary N) is 1. The lowest BCUT2D eigenvalue weighted by molar-refractivity contribution is 0.0929. The summed E-state index contributed by atoms with van der Waals surface area (Å²) in [6.45, 7) is 3.49. The predicted octanol–water partition coefficient (Wildman–Crippen LogP) is 0.634. The fourth-order valence-corrected chi connectivity index (χ4v) is 2.68. The summed E-state index contributed by atoms with van der Waals surface area (Å²) in [4.78, 5) is 4.68. The van der Waals surface area contributed by atoms with Gasteiger partial charge >= 0.3 is 0 Å². The topological polar surface area (TPSA) is 81.4 Å². The first-order chi connectivity index (χ1) is 7.37. The van der Waals surface area contributed by atoms with Gasteiger partial charge in [0.15, 0.2) is 0 Å². The Labute approximate surface area is 95.6 Å². The first-order valence-corrected chi connectivity index (χ1v) is 6.26. The van der Waals surface area contributed by atoms with Gasteiger partial charge in [-0.15, -0.1) is 0 Å². The molecule has 1 rings (SSSR count). The van der Waals surface area contributed by atoms with Gasteiger partial charge in [-0.05, 0) is 26.0 Å². The van der Waals surface area contributed by atoms with E-state index in [1.165, 1.54) is 12.1 Å². The molecule has 0 spiro atoms. The lowest BCUT2D eigenvalue weighted by atomic mass is 10.1. The zero-order valence-corrected chi connectivity index (χ0v) is 10.1. The minimum absolute atomic E-state index is 0.0963. The zero-order chi connectivity index (χ0) is 12.2. The number of hydrogen-bond acceptors (Lipinski definition) is 4. The first-order valence-electron chi connectivity index (χ1n) is 4.78. The maximum Gasteiger partial charge on any atom is 0.241 e. The van der Waals surface area contributed by atoms with Gasteiger partial charge in [0.25, 0.3) is 0 Å². The second-order valence-electron chi connectivity index (χ2n) is 4.11. The van der Waals surface area contributed by atoms with Crippen molar-refractivity contribution in [2.45, 2.75) is 24.3 Å². The predicted molar refractivity (Wildman–Crippen MR) is 61.0 cm³/mol. The van der Waals surface area contributed by atoms with E-state index in [2.05, 4.69) is 9.56 Å². The molecule has 0 unspecified atom stereocenters. The van der Waals surface area contributed by atoms with Gasteiger partial charge in [0.2, 0.25) is 10.0 Å². The minimum atomic E-state index is -3.53. The molecule has 0 fully saturated rings. The molecule has 0 aliphatic rings. The van der Waals surface area contributed by atoms with Crippen molar-refractivity contribution < 1.29 is 13.3 Å². The molecule has 90 valence electrons. The van der Waals surface area contributed by atoms with E-state index < -0.39 is 15.6 Å². The monoisotopic (exact) mass is 244 g/mol. The van der Waals surface area contributed by atoms with Crippen LogP contribution in [0.15, 0.2) is 35.2 Å². The molecule has 0 aliphatic heterocycles. The van der Waals surface area contributed by atoms with Crippen molar-refractivity contribution >= 4 is 10.0 Å². The van der Waals surface area contributed by atoms with Crippen LogP contribution in [0.2, 0.25) is 0 Å². The van der Waals surface area contributed by atoms with Crippen LogP contribution in [0.1, 0.15) is 13.8 Å². The molecule has 6 heteroatoms. The Morgan fingerprint density at radius 1 is 1.31 bits per heavy atom. The molecule has 0 atom stereocenters. The number of sulfonamides is 1. The van der Waals surface area contributed by atoms with Gasteiger partial charge in [-0.25, -0.2) is 19.0 Å². The van der Waals surface area contributed by atoms with Crippen molar-refractivity contribution in [3.8, 4) is 0 Å². The molecule has 0 saturated carbocycles. The largest absolute Gasteiger partial charge is 0.303 e. The van der Waals surface area contributed by atoms with Crippen LogP contribution >= 0.6 is 0 Å². The summed E-state index contributed by atoms with van der Waals surface area (Å²) in [5.74, 6) is 4.94. The van der Waals surface area contributed by atoms with Crippen LogP contribution in [-0.4, -0.2) is 20.6 Å². The standard InChI is InChI=1S/C10H16N2O3S/c1-10(2,8-15-11)12-16(13,14)9-6-4-3-5-7-9/h3-7,12H,8,11H2,1-2H3. The van der Waals surface area contributed by atoms with Gasteiger partial charge in [-0.3, -0.25) is 0 Å². The Kier molecular flexibility index (Phi) is 4.03. The van der Waals surface area contributed by atoms with Crippen molar-refractivity contribution in [1.29, 1.82) is 0 Å². The molecule has 0 bridgehead atoms. The Bertz CT molecular complexity index is 429. The van der Waals surface area contributed by atoms with Gasteiger partial charge in [0.1, 0.15) is 0 Å². The van der Waals surface area contributed by atoms with E-state index in [0.29, 0.717) is 0 Å². The van der Waals surface area contributed by atoms with Crippen LogP contribution in [0, 0.1) is 0 Å². The average Bonchev–Trinajstić information content (AvgIpc) is 2.17. The molecule has 0 aromatic heterocycles. The van der Waals surface area contributed by atoms with E-state index in [4.69, 9.17) is 5.90 Å². The highest BCUT2D eigenvalue weighted by molar-refractivity contribution is 7.89. The zero-order valence-electron chi connectivity index (χ0n) is 9.30. The Morgan fingerprint density at radius 2 is 1.88 bits per heavy atom. The van der Waals surface area contributed by atoms with E-state index in [1.54, 1.807) is 32.0 Å². The lowest BCUT2D eigenvalue weighted by Crippen LogP contribution is -2.47. The summed E-state index contributed by atoms with van der Waals surface area (Å²) in [6, 6.07) is 8.15. The fraction of sp³-hybridized carbons (Fsp3) is 0.400. The fourth-order valence-electron chi connectivity index (χ4n) is 1.26. The molecule has 0 saturated heterocycles. The molecule has 0 heterocycles. The van der Waals surface area contributed by atoms with E-state index >= 15 is 0 Å². The average molecular weight is 244 g/mol. The third-order valence-corrected chi connectivity index (χ3v) is 3.62. The molecule has 0 radical (unpaired) electrons. The van der Waals surface area contributed by atoms with Crippen molar-refractivity contribution in [2.75, 3.05) is 6.61 Å². The quantitative estimate of drug-likeness (QED) is 0.744. The third kappa shape index (κ3) is 3.57. The summed E-state index contributed by atoms with van der Waals surface area (Å²) in [6.07, 6.45) is 0. The van der Waals surface area contributed by atoms with Crippen molar-refractivity contribution in [3.63, 3.8) is 0 Å². The van der Waals surface area contributed by atoms with Crippen LogP contribution in [-0.2, 0) is 14.9 Å². The highest BCUT2D eigenvalue weighted by atomic mass is 32.2. The Hall–Kier alpha value is -0.950. The summed E-state index contributed by atoms with van der Waals surface area (Å²) in [5.41, 5.74) is -0.747. The molecule has 5 nitrogen and oxygen atoms in total. The summed E-state index contributed by atoms with van der Waals surface area (Å²) in [5, 5.41) is 0. The number of benzene rings is 1. The van der Waals surface area contributed by atoms with Crippen LogP contribution in [0.5, 0.6) is 0 Å². The maximum atomic E-state index is 11.9. The van der Waals surface area contributed by atoms with Crippen LogP contribution < -0.4 is 10.6 Å². The Morgan fingerprint density at radius 3 is 2.38 bits per heavy atom. The molecule has 0 aliphatic carbocycles. The molecule has 1 aromatic carbocycles. The lowest BCUT2D eigenvalue weighted by Gasteiger charge is -2.24. The number of nitrogens with one attached hydrogen (secondary N) is 1. The molecule has 16 heavy (non-hydrogen) atoms. The summed E-state index contributed by atoms with van der Waals surface area (Å²) < 4.78 is 26.3. The second-order valence-corrected chi connectivity index (χ2v) is 5.80.